The zero-order valence-corrected chi connectivity index (χ0v) is 12.6. The fraction of sp³-hybridized carbons (Fsp3) is 0.400. The van der Waals surface area contributed by atoms with E-state index in [9.17, 15) is 18.4 Å². The Balaban J connectivity index is 3.24. The third-order valence-corrected chi connectivity index (χ3v) is 2.78. The molecule has 0 bridgehead atoms. The Labute approximate surface area is 126 Å². The first kappa shape index (κ1) is 17.7. The molecule has 1 unspecified atom stereocenters. The zero-order valence-electron chi connectivity index (χ0n) is 12.6. The van der Waals surface area contributed by atoms with E-state index in [-0.39, 0.29) is 6.61 Å². The number of ketones is 1. The van der Waals surface area contributed by atoms with Gasteiger partial charge in [-0.2, -0.15) is 0 Å². The molecule has 0 saturated heterocycles. The average Bonchev–Trinajstić information content (AvgIpc) is 2.48. The minimum atomic E-state index is -1.38. The van der Waals surface area contributed by atoms with Crippen LogP contribution in [0.5, 0.6) is 5.75 Å². The molecular formula is C15H17F2NO4. The number of halogens is 2. The van der Waals surface area contributed by atoms with Crippen molar-refractivity contribution in [3.63, 3.8) is 0 Å². The van der Waals surface area contributed by atoms with Gasteiger partial charge in [-0.05, 0) is 26.0 Å². The van der Waals surface area contributed by atoms with Crippen LogP contribution in [0.25, 0.3) is 0 Å². The summed E-state index contributed by atoms with van der Waals surface area (Å²) >= 11 is 0. The van der Waals surface area contributed by atoms with Gasteiger partial charge < -0.3 is 9.47 Å². The number of methoxy groups -OCH3 is 1. The molecule has 7 heteroatoms. The Hall–Kier alpha value is -2.31. The molecule has 1 rings (SSSR count). The zero-order chi connectivity index (χ0) is 16.7. The molecule has 0 aromatic heterocycles. The molecule has 22 heavy (non-hydrogen) atoms. The Bertz CT molecular complexity index is 587. The van der Waals surface area contributed by atoms with E-state index in [4.69, 9.17) is 4.74 Å². The predicted octanol–water partition coefficient (Wildman–Crippen LogP) is 2.43. The first-order valence-corrected chi connectivity index (χ1v) is 6.70. The SMILES string of the molecule is CCN=CC(C(=O)OCC)C(=O)c1ccc(F)c(OC)c1F. The van der Waals surface area contributed by atoms with Gasteiger partial charge in [-0.15, -0.1) is 0 Å². The van der Waals surface area contributed by atoms with Gasteiger partial charge in [-0.1, -0.05) is 0 Å². The molecule has 0 aliphatic carbocycles. The van der Waals surface area contributed by atoms with Gasteiger partial charge in [0.1, 0.15) is 0 Å². The standard InChI is InChI=1S/C15H17F2NO4/c1-4-18-8-10(15(20)22-5-2)13(19)9-6-7-11(16)14(21-3)12(9)17/h6-8,10H,4-5H2,1-3H3. The van der Waals surface area contributed by atoms with Crippen molar-refractivity contribution >= 4 is 18.0 Å². The van der Waals surface area contributed by atoms with Crippen LogP contribution in [0.2, 0.25) is 0 Å². The minimum Gasteiger partial charge on any atom is -0.491 e. The Morgan fingerprint density at radius 1 is 1.32 bits per heavy atom. The molecule has 0 radical (unpaired) electrons. The summed E-state index contributed by atoms with van der Waals surface area (Å²) in [5.74, 6) is -5.87. The van der Waals surface area contributed by atoms with Crippen LogP contribution >= 0.6 is 0 Å². The fourth-order valence-electron chi connectivity index (χ4n) is 1.76. The normalized spacial score (nSPS) is 12.2. The van der Waals surface area contributed by atoms with Crippen molar-refractivity contribution in [1.29, 1.82) is 0 Å². The number of Topliss-reactive ketones (excluding diaryl/α,β-unsaturated/α-hetero) is 1. The Kier molecular flexibility index (Phi) is 6.62. The topological polar surface area (TPSA) is 65.0 Å². The molecule has 1 aromatic carbocycles. The maximum absolute atomic E-state index is 14.1. The highest BCUT2D eigenvalue weighted by atomic mass is 19.1. The molecule has 0 N–H and O–H groups in total. The van der Waals surface area contributed by atoms with Crippen molar-refractivity contribution in [3.8, 4) is 5.75 Å². The van der Waals surface area contributed by atoms with Crippen molar-refractivity contribution in [3.05, 3.63) is 29.3 Å². The van der Waals surface area contributed by atoms with E-state index in [0.29, 0.717) is 6.54 Å². The largest absolute Gasteiger partial charge is 0.491 e. The van der Waals surface area contributed by atoms with Gasteiger partial charge >= 0.3 is 5.97 Å². The van der Waals surface area contributed by atoms with E-state index in [1.807, 2.05) is 0 Å². The van der Waals surface area contributed by atoms with Crippen molar-refractivity contribution < 1.29 is 27.8 Å². The quantitative estimate of drug-likeness (QED) is 0.336. The van der Waals surface area contributed by atoms with E-state index in [1.54, 1.807) is 13.8 Å². The van der Waals surface area contributed by atoms with Crippen molar-refractivity contribution in [2.45, 2.75) is 13.8 Å². The number of nitrogens with zero attached hydrogens (tertiary/aromatic N) is 1. The number of benzene rings is 1. The molecule has 0 aliphatic rings. The van der Waals surface area contributed by atoms with E-state index in [1.165, 1.54) is 0 Å². The number of carbonyl (C=O) groups excluding carboxylic acids is 2. The van der Waals surface area contributed by atoms with Crippen LogP contribution in [-0.4, -0.2) is 38.2 Å². The van der Waals surface area contributed by atoms with E-state index < -0.39 is 40.6 Å². The molecule has 120 valence electrons. The van der Waals surface area contributed by atoms with Crippen LogP contribution < -0.4 is 4.74 Å². The summed E-state index contributed by atoms with van der Waals surface area (Å²) < 4.78 is 36.9. The number of rotatable bonds is 7. The fourth-order valence-corrected chi connectivity index (χ4v) is 1.76. The molecule has 1 atom stereocenters. The summed E-state index contributed by atoms with van der Waals surface area (Å²) in [6.07, 6.45) is 1.11. The van der Waals surface area contributed by atoms with E-state index in [0.717, 1.165) is 25.5 Å². The maximum atomic E-state index is 14.1. The van der Waals surface area contributed by atoms with Crippen molar-refractivity contribution in [1.82, 2.24) is 0 Å². The van der Waals surface area contributed by atoms with Crippen LogP contribution in [0, 0.1) is 17.6 Å². The number of hydrogen-bond acceptors (Lipinski definition) is 5. The monoisotopic (exact) mass is 313 g/mol. The van der Waals surface area contributed by atoms with Crippen LogP contribution in [0.4, 0.5) is 8.78 Å². The molecule has 1 aromatic rings. The lowest BCUT2D eigenvalue weighted by Gasteiger charge is -2.12. The minimum absolute atomic E-state index is 0.0673. The first-order valence-electron chi connectivity index (χ1n) is 6.70. The van der Waals surface area contributed by atoms with Gasteiger partial charge in [0.05, 0.1) is 19.3 Å². The molecular weight excluding hydrogens is 296 g/mol. The highest BCUT2D eigenvalue weighted by Crippen LogP contribution is 2.26. The highest BCUT2D eigenvalue weighted by molar-refractivity contribution is 6.18. The molecule has 5 nitrogen and oxygen atoms in total. The van der Waals surface area contributed by atoms with Gasteiger partial charge in [-0.3, -0.25) is 14.6 Å². The number of hydrogen-bond donors (Lipinski definition) is 0. The second-order valence-corrected chi connectivity index (χ2v) is 4.18. The number of esters is 1. The molecule has 0 amide bonds. The smallest absolute Gasteiger partial charge is 0.322 e. The van der Waals surface area contributed by atoms with Crippen molar-refractivity contribution in [2.24, 2.45) is 10.9 Å². The van der Waals surface area contributed by atoms with Crippen LogP contribution in [0.15, 0.2) is 17.1 Å². The molecule has 0 saturated carbocycles. The third-order valence-electron chi connectivity index (χ3n) is 2.78. The predicted molar refractivity (Wildman–Crippen MR) is 76.4 cm³/mol. The Morgan fingerprint density at radius 3 is 2.55 bits per heavy atom. The average molecular weight is 313 g/mol. The summed E-state index contributed by atoms with van der Waals surface area (Å²) in [5, 5.41) is 0. The van der Waals surface area contributed by atoms with Gasteiger partial charge in [0, 0.05) is 12.8 Å². The summed E-state index contributed by atoms with van der Waals surface area (Å²) in [5.41, 5.74) is -0.459. The van der Waals surface area contributed by atoms with Gasteiger partial charge in [0.25, 0.3) is 0 Å². The molecule has 0 spiro atoms. The summed E-state index contributed by atoms with van der Waals surface area (Å²) in [6.45, 7) is 3.71. The lowest BCUT2D eigenvalue weighted by atomic mass is 9.97. The second kappa shape index (κ2) is 8.21. The lowest BCUT2D eigenvalue weighted by Crippen LogP contribution is -2.28. The third kappa shape index (κ3) is 3.87. The van der Waals surface area contributed by atoms with Crippen LogP contribution in [0.1, 0.15) is 24.2 Å². The molecule has 0 fully saturated rings. The summed E-state index contributed by atoms with van der Waals surface area (Å²) in [4.78, 5) is 28.0. The number of aliphatic imine (C=N–C) groups is 1. The van der Waals surface area contributed by atoms with Gasteiger partial charge in [0.15, 0.2) is 29.1 Å². The first-order chi connectivity index (χ1) is 10.5. The van der Waals surface area contributed by atoms with Crippen molar-refractivity contribution in [2.75, 3.05) is 20.3 Å². The van der Waals surface area contributed by atoms with Crippen LogP contribution in [0.3, 0.4) is 0 Å². The van der Waals surface area contributed by atoms with E-state index >= 15 is 0 Å². The summed E-state index contributed by atoms with van der Waals surface area (Å²) in [6, 6.07) is 1.86. The van der Waals surface area contributed by atoms with Crippen LogP contribution in [-0.2, 0) is 9.53 Å². The summed E-state index contributed by atoms with van der Waals surface area (Å²) in [7, 11) is 1.08. The van der Waals surface area contributed by atoms with Gasteiger partial charge in [0.2, 0.25) is 0 Å². The van der Waals surface area contributed by atoms with Gasteiger partial charge in [-0.25, -0.2) is 8.78 Å². The second-order valence-electron chi connectivity index (χ2n) is 4.18. The molecule has 0 aliphatic heterocycles. The Morgan fingerprint density at radius 2 is 2.00 bits per heavy atom. The lowest BCUT2D eigenvalue weighted by molar-refractivity contribution is -0.143. The van der Waals surface area contributed by atoms with E-state index in [2.05, 4.69) is 9.73 Å². The highest BCUT2D eigenvalue weighted by Gasteiger charge is 2.31. The maximum Gasteiger partial charge on any atom is 0.322 e. The number of carbonyl (C=O) groups is 2. The molecule has 0 heterocycles. The number of ether oxygens (including phenoxy) is 2.